The summed E-state index contributed by atoms with van der Waals surface area (Å²) in [5, 5.41) is 7.14. The van der Waals surface area contributed by atoms with Crippen molar-refractivity contribution in [1.29, 1.82) is 0 Å². The van der Waals surface area contributed by atoms with Crippen molar-refractivity contribution in [3.05, 3.63) is 224 Å². The molecule has 0 unspecified atom stereocenters. The van der Waals surface area contributed by atoms with Crippen LogP contribution in [0.4, 0.5) is 17.1 Å². The summed E-state index contributed by atoms with van der Waals surface area (Å²) >= 11 is 1.86. The molecule has 0 fully saturated rings. The number of hydrogen-bond acceptors (Lipinski definition) is 4. The summed E-state index contributed by atoms with van der Waals surface area (Å²) in [4.78, 5) is 2.35. The standard InChI is InChI=1S/C60H37NO2S/c1-2-13-47(49-19-9-20-50-48-14-3-6-21-53(48)63-60(49)50)44(12-1)38-26-32-41(33-27-38)61(42-34-28-39(29-35-42)45-17-10-23-55-58(45)51-15-4-7-22-54(51)62-55)43-36-30-40(31-37-43)46-18-11-25-57-59(46)52-16-5-8-24-56(52)64-57/h1-37H. The van der Waals surface area contributed by atoms with Crippen LogP contribution in [-0.2, 0) is 0 Å². The van der Waals surface area contributed by atoms with Crippen LogP contribution in [0.5, 0.6) is 0 Å². The Morgan fingerprint density at radius 1 is 0.281 bits per heavy atom. The second-order valence-corrected chi connectivity index (χ2v) is 17.4. The van der Waals surface area contributed by atoms with Gasteiger partial charge >= 0.3 is 0 Å². The third-order valence-corrected chi connectivity index (χ3v) is 13.9. The maximum Gasteiger partial charge on any atom is 0.143 e. The average molecular weight is 836 g/mol. The third kappa shape index (κ3) is 5.88. The lowest BCUT2D eigenvalue weighted by Gasteiger charge is -2.26. The van der Waals surface area contributed by atoms with Crippen LogP contribution in [0, 0.1) is 0 Å². The summed E-state index contributed by atoms with van der Waals surface area (Å²) in [5.41, 5.74) is 16.1. The number of anilines is 3. The van der Waals surface area contributed by atoms with Crippen LogP contribution >= 0.6 is 11.3 Å². The van der Waals surface area contributed by atoms with Crippen LogP contribution in [0.25, 0.3) is 109 Å². The monoisotopic (exact) mass is 835 g/mol. The van der Waals surface area contributed by atoms with Crippen LogP contribution in [0.3, 0.4) is 0 Å². The Morgan fingerprint density at radius 3 is 1.44 bits per heavy atom. The molecule has 0 aliphatic heterocycles. The summed E-state index contributed by atoms with van der Waals surface area (Å²) in [5.74, 6) is 0. The minimum absolute atomic E-state index is 0.895. The van der Waals surface area contributed by atoms with Crippen molar-refractivity contribution >= 4 is 92.4 Å². The first-order valence-corrected chi connectivity index (χ1v) is 22.5. The Morgan fingerprint density at radius 2 is 0.734 bits per heavy atom. The zero-order valence-corrected chi connectivity index (χ0v) is 35.4. The Kier molecular flexibility index (Phi) is 8.40. The van der Waals surface area contributed by atoms with E-state index in [0.29, 0.717) is 0 Å². The number of fused-ring (bicyclic) bond motifs is 9. The second kappa shape index (κ2) is 14.7. The van der Waals surface area contributed by atoms with Gasteiger partial charge in [-0.15, -0.1) is 11.3 Å². The lowest BCUT2D eigenvalue weighted by Crippen LogP contribution is -2.09. The molecule has 64 heavy (non-hydrogen) atoms. The number of para-hydroxylation sites is 3. The molecule has 13 rings (SSSR count). The molecule has 0 saturated carbocycles. The first-order chi connectivity index (χ1) is 31.7. The van der Waals surface area contributed by atoms with E-state index in [2.05, 4.69) is 205 Å². The first kappa shape index (κ1) is 36.5. The van der Waals surface area contributed by atoms with Gasteiger partial charge in [-0.05, 0) is 106 Å². The molecule has 0 radical (unpaired) electrons. The highest BCUT2D eigenvalue weighted by atomic mass is 32.1. The molecule has 4 heteroatoms. The lowest BCUT2D eigenvalue weighted by molar-refractivity contribution is 0.669. The van der Waals surface area contributed by atoms with Crippen LogP contribution in [0.1, 0.15) is 0 Å². The molecule has 3 nitrogen and oxygen atoms in total. The van der Waals surface area contributed by atoms with E-state index in [1.807, 2.05) is 35.6 Å². The van der Waals surface area contributed by atoms with E-state index in [1.165, 1.54) is 31.3 Å². The molecule has 3 aromatic heterocycles. The van der Waals surface area contributed by atoms with Gasteiger partial charge < -0.3 is 13.7 Å². The molecule has 300 valence electrons. The maximum absolute atomic E-state index is 6.51. The zero-order valence-electron chi connectivity index (χ0n) is 34.5. The van der Waals surface area contributed by atoms with E-state index in [0.717, 1.165) is 94.3 Å². The Labute approximate surface area is 373 Å². The predicted molar refractivity (Wildman–Crippen MR) is 270 cm³/mol. The minimum Gasteiger partial charge on any atom is -0.456 e. The summed E-state index contributed by atoms with van der Waals surface area (Å²) in [6, 6.07) is 80.4. The smallest absolute Gasteiger partial charge is 0.143 e. The fraction of sp³-hybridized carbons (Fsp3) is 0. The molecule has 0 aliphatic rings. The molecule has 0 N–H and O–H groups in total. The van der Waals surface area contributed by atoms with Crippen molar-refractivity contribution in [1.82, 2.24) is 0 Å². The Bertz CT molecular complexity index is 3730. The molecule has 0 saturated heterocycles. The number of furan rings is 2. The SMILES string of the molecule is c1ccc(-c2cccc3c2oc2ccccc23)c(-c2ccc(N(c3ccc(-c4cccc5oc6ccccc6c45)cc3)c3ccc(-c4cccc5sc6ccccc6c45)cc3)cc2)c1. The molecular formula is C60H37NO2S. The van der Waals surface area contributed by atoms with Gasteiger partial charge in [0.05, 0.1) is 0 Å². The molecule has 10 aromatic carbocycles. The highest BCUT2D eigenvalue weighted by Gasteiger charge is 2.19. The third-order valence-electron chi connectivity index (χ3n) is 12.7. The molecule has 0 bridgehead atoms. The summed E-state index contributed by atoms with van der Waals surface area (Å²) in [7, 11) is 0. The van der Waals surface area contributed by atoms with Gasteiger partial charge in [0.25, 0.3) is 0 Å². The molecule has 3 heterocycles. The number of thiophene rings is 1. The molecular weight excluding hydrogens is 799 g/mol. The lowest BCUT2D eigenvalue weighted by atomic mass is 9.93. The van der Waals surface area contributed by atoms with Gasteiger partial charge in [0.2, 0.25) is 0 Å². The average Bonchev–Trinajstić information content (AvgIpc) is 4.06. The maximum atomic E-state index is 6.51. The predicted octanol–water partition coefficient (Wildman–Crippen LogP) is 18.0. The van der Waals surface area contributed by atoms with E-state index >= 15 is 0 Å². The van der Waals surface area contributed by atoms with Gasteiger partial charge in [0.1, 0.15) is 22.3 Å². The van der Waals surface area contributed by atoms with Crippen molar-refractivity contribution in [3.63, 3.8) is 0 Å². The summed E-state index contributed by atoms with van der Waals surface area (Å²) in [6.07, 6.45) is 0. The Balaban J connectivity index is 0.915. The van der Waals surface area contributed by atoms with Gasteiger partial charge in [-0.25, -0.2) is 0 Å². The van der Waals surface area contributed by atoms with Gasteiger partial charge in [0.15, 0.2) is 0 Å². The molecule has 13 aromatic rings. The quantitative estimate of drug-likeness (QED) is 0.160. The van der Waals surface area contributed by atoms with Crippen LogP contribution in [-0.4, -0.2) is 0 Å². The van der Waals surface area contributed by atoms with Gasteiger partial charge in [-0.2, -0.15) is 0 Å². The minimum atomic E-state index is 0.895. The largest absolute Gasteiger partial charge is 0.456 e. The molecule has 0 aliphatic carbocycles. The number of rotatable bonds is 7. The van der Waals surface area contributed by atoms with Gasteiger partial charge in [-0.1, -0.05) is 158 Å². The summed E-state index contributed by atoms with van der Waals surface area (Å²) < 4.78 is 15.4. The fourth-order valence-corrected chi connectivity index (χ4v) is 10.9. The van der Waals surface area contributed by atoms with Crippen molar-refractivity contribution < 1.29 is 8.83 Å². The fourth-order valence-electron chi connectivity index (χ4n) is 9.78. The van der Waals surface area contributed by atoms with E-state index in [4.69, 9.17) is 8.83 Å². The van der Waals surface area contributed by atoms with Crippen molar-refractivity contribution in [2.45, 2.75) is 0 Å². The molecule has 0 amide bonds. The first-order valence-electron chi connectivity index (χ1n) is 21.7. The van der Waals surface area contributed by atoms with Crippen LogP contribution < -0.4 is 4.90 Å². The van der Waals surface area contributed by atoms with Crippen molar-refractivity contribution in [3.8, 4) is 44.5 Å². The number of nitrogens with zero attached hydrogens (tertiary/aromatic N) is 1. The van der Waals surface area contributed by atoms with Crippen LogP contribution in [0.15, 0.2) is 233 Å². The van der Waals surface area contributed by atoms with Crippen molar-refractivity contribution in [2.75, 3.05) is 4.90 Å². The topological polar surface area (TPSA) is 29.5 Å². The van der Waals surface area contributed by atoms with Crippen LogP contribution in [0.2, 0.25) is 0 Å². The van der Waals surface area contributed by atoms with E-state index < -0.39 is 0 Å². The second-order valence-electron chi connectivity index (χ2n) is 16.4. The van der Waals surface area contributed by atoms with E-state index in [-0.39, 0.29) is 0 Å². The van der Waals surface area contributed by atoms with Crippen molar-refractivity contribution in [2.24, 2.45) is 0 Å². The van der Waals surface area contributed by atoms with Gasteiger partial charge in [0, 0.05) is 64.3 Å². The van der Waals surface area contributed by atoms with E-state index in [1.54, 1.807) is 0 Å². The van der Waals surface area contributed by atoms with Gasteiger partial charge in [-0.3, -0.25) is 0 Å². The number of benzene rings is 10. The summed E-state index contributed by atoms with van der Waals surface area (Å²) in [6.45, 7) is 0. The Hall–Kier alpha value is -8.18. The van der Waals surface area contributed by atoms with E-state index in [9.17, 15) is 0 Å². The highest BCUT2D eigenvalue weighted by molar-refractivity contribution is 7.25. The molecule has 0 atom stereocenters. The normalized spacial score (nSPS) is 11.8. The zero-order chi connectivity index (χ0) is 42.1. The number of hydrogen-bond donors (Lipinski definition) is 0. The highest BCUT2D eigenvalue weighted by Crippen LogP contribution is 2.44. The molecule has 0 spiro atoms.